The van der Waals surface area contributed by atoms with Crippen molar-refractivity contribution in [1.82, 2.24) is 0 Å². The van der Waals surface area contributed by atoms with Crippen LogP contribution < -0.4 is 10.8 Å². The van der Waals surface area contributed by atoms with Gasteiger partial charge in [-0.3, -0.25) is 4.99 Å². The average molecular weight is 402 g/mol. The van der Waals surface area contributed by atoms with Crippen molar-refractivity contribution in [3.63, 3.8) is 0 Å². The van der Waals surface area contributed by atoms with E-state index in [2.05, 4.69) is 17.1 Å². The highest BCUT2D eigenvalue weighted by atomic mass is 16.3. The Hall–Kier alpha value is -0.990. The molecule has 0 aromatic rings. The molecular formula is C26H45N2O-. The molecule has 166 valence electrons. The number of amidine groups is 1. The number of aliphatic imine (C=N–C) groups is 1. The Morgan fingerprint density at radius 3 is 2.10 bits per heavy atom. The van der Waals surface area contributed by atoms with Crippen LogP contribution in [-0.2, 0) is 0 Å². The molecule has 0 bridgehead atoms. The topological polar surface area (TPSA) is 61.4 Å². The summed E-state index contributed by atoms with van der Waals surface area (Å²) in [6.45, 7) is 0. The Balaban J connectivity index is 1.40. The molecule has 0 aliphatic heterocycles. The second kappa shape index (κ2) is 12.6. The summed E-state index contributed by atoms with van der Waals surface area (Å²) in [5, 5.41) is 11.3. The summed E-state index contributed by atoms with van der Waals surface area (Å²) in [7, 11) is 0. The van der Waals surface area contributed by atoms with E-state index in [0.717, 1.165) is 24.2 Å². The van der Waals surface area contributed by atoms with Crippen LogP contribution in [0.2, 0.25) is 0 Å². The minimum Gasteiger partial charge on any atom is -0.847 e. The summed E-state index contributed by atoms with van der Waals surface area (Å²) in [5.74, 6) is 3.33. The first-order valence-electron chi connectivity index (χ1n) is 12.9. The van der Waals surface area contributed by atoms with Gasteiger partial charge in [0, 0.05) is 6.02 Å². The van der Waals surface area contributed by atoms with Crippen LogP contribution in [0.25, 0.3) is 0 Å². The Morgan fingerprint density at radius 1 is 0.793 bits per heavy atom. The lowest BCUT2D eigenvalue weighted by atomic mass is 9.78. The standard InChI is InChI=1S/C26H46N2O/c27-26(29)28-25-17-9-8-16-24(25)19-18-21-10-4-6-14-23(15-7-5-11-21)20-22-12-2-1-3-13-22/h2,12,21-25H,1,3-11,13-20H2,(H3,27,28,29)/p-1. The summed E-state index contributed by atoms with van der Waals surface area (Å²) in [6.07, 6.45) is 29.4. The molecule has 0 saturated heterocycles. The highest BCUT2D eigenvalue weighted by Crippen LogP contribution is 2.35. The first-order chi connectivity index (χ1) is 14.2. The van der Waals surface area contributed by atoms with Crippen molar-refractivity contribution >= 4 is 6.02 Å². The van der Waals surface area contributed by atoms with Crippen molar-refractivity contribution in [1.29, 1.82) is 0 Å². The summed E-state index contributed by atoms with van der Waals surface area (Å²) in [4.78, 5) is 4.23. The Kier molecular flexibility index (Phi) is 9.90. The first kappa shape index (κ1) is 22.7. The minimum absolute atomic E-state index is 0.204. The maximum Gasteiger partial charge on any atom is 0.0538 e. The molecule has 3 heteroatoms. The molecule has 0 heterocycles. The van der Waals surface area contributed by atoms with Gasteiger partial charge in [-0.15, -0.1) is 0 Å². The average Bonchev–Trinajstić information content (AvgIpc) is 2.73. The van der Waals surface area contributed by atoms with E-state index in [4.69, 9.17) is 5.73 Å². The van der Waals surface area contributed by atoms with Gasteiger partial charge in [-0.2, -0.15) is 0 Å². The van der Waals surface area contributed by atoms with Crippen molar-refractivity contribution in [2.45, 2.75) is 122 Å². The fraction of sp³-hybridized carbons (Fsp3) is 0.885. The molecule has 3 nitrogen and oxygen atoms in total. The zero-order chi connectivity index (χ0) is 20.3. The van der Waals surface area contributed by atoms with Crippen LogP contribution in [0.3, 0.4) is 0 Å². The molecule has 3 atom stereocenters. The van der Waals surface area contributed by atoms with E-state index in [9.17, 15) is 5.11 Å². The van der Waals surface area contributed by atoms with Gasteiger partial charge >= 0.3 is 0 Å². The maximum atomic E-state index is 11.3. The molecule has 3 rings (SSSR count). The fourth-order valence-corrected chi connectivity index (χ4v) is 6.36. The van der Waals surface area contributed by atoms with Crippen LogP contribution in [0.15, 0.2) is 17.1 Å². The second-order valence-electron chi connectivity index (χ2n) is 10.3. The van der Waals surface area contributed by atoms with Crippen LogP contribution in [0.4, 0.5) is 0 Å². The quantitative estimate of drug-likeness (QED) is 0.331. The second-order valence-corrected chi connectivity index (χ2v) is 10.3. The summed E-state index contributed by atoms with van der Waals surface area (Å²) in [5.41, 5.74) is 5.36. The largest absolute Gasteiger partial charge is 0.847 e. The highest BCUT2D eigenvalue weighted by molar-refractivity contribution is 5.66. The summed E-state index contributed by atoms with van der Waals surface area (Å²) < 4.78 is 0. The number of nitrogens with zero attached hydrogens (tertiary/aromatic N) is 1. The molecule has 0 spiro atoms. The van der Waals surface area contributed by atoms with Gasteiger partial charge in [-0.1, -0.05) is 82.8 Å². The summed E-state index contributed by atoms with van der Waals surface area (Å²) >= 11 is 0. The van der Waals surface area contributed by atoms with Gasteiger partial charge in [-0.05, 0) is 68.6 Å². The molecule has 0 amide bonds. The molecule has 29 heavy (non-hydrogen) atoms. The van der Waals surface area contributed by atoms with E-state index in [1.165, 1.54) is 109 Å². The van der Waals surface area contributed by atoms with E-state index in [1.807, 2.05) is 0 Å². The molecule has 3 unspecified atom stereocenters. The van der Waals surface area contributed by atoms with Crippen molar-refractivity contribution in [2.24, 2.45) is 34.4 Å². The maximum absolute atomic E-state index is 11.3. The SMILES string of the molecule is NC([O-])=NC1CCCCC1CCC1CCCCC(CC2C=CCCC2)CCCC1. The van der Waals surface area contributed by atoms with Crippen LogP contribution in [-0.4, -0.2) is 12.1 Å². The molecule has 0 aromatic carbocycles. The van der Waals surface area contributed by atoms with Gasteiger partial charge in [0.05, 0.1) is 6.04 Å². The van der Waals surface area contributed by atoms with Crippen molar-refractivity contribution in [3.8, 4) is 0 Å². The molecule has 2 saturated carbocycles. The third-order valence-electron chi connectivity index (χ3n) is 8.05. The minimum atomic E-state index is -0.459. The van der Waals surface area contributed by atoms with E-state index in [0.29, 0.717) is 5.92 Å². The van der Waals surface area contributed by atoms with E-state index in [-0.39, 0.29) is 6.04 Å². The zero-order valence-electron chi connectivity index (χ0n) is 18.7. The van der Waals surface area contributed by atoms with Crippen molar-refractivity contribution in [3.05, 3.63) is 12.2 Å². The first-order valence-corrected chi connectivity index (χ1v) is 12.9. The number of hydrogen-bond acceptors (Lipinski definition) is 2. The molecule has 2 fully saturated rings. The molecule has 3 aliphatic carbocycles. The molecular weight excluding hydrogens is 356 g/mol. The lowest BCUT2D eigenvalue weighted by molar-refractivity contribution is -0.218. The number of nitrogens with two attached hydrogens (primary N) is 1. The molecule has 3 aliphatic rings. The lowest BCUT2D eigenvalue weighted by Gasteiger charge is -2.31. The third-order valence-corrected chi connectivity index (χ3v) is 8.05. The number of rotatable bonds is 6. The van der Waals surface area contributed by atoms with E-state index in [1.54, 1.807) is 0 Å². The molecule has 0 radical (unpaired) electrons. The highest BCUT2D eigenvalue weighted by Gasteiger charge is 2.25. The Labute approximate surface area is 179 Å². The predicted molar refractivity (Wildman–Crippen MR) is 122 cm³/mol. The van der Waals surface area contributed by atoms with Gasteiger partial charge in [-0.25, -0.2) is 0 Å². The summed E-state index contributed by atoms with van der Waals surface area (Å²) in [6, 6.07) is -0.255. The molecule has 0 aromatic heterocycles. The monoisotopic (exact) mass is 401 g/mol. The van der Waals surface area contributed by atoms with Gasteiger partial charge in [0.25, 0.3) is 0 Å². The zero-order valence-corrected chi connectivity index (χ0v) is 18.7. The van der Waals surface area contributed by atoms with Gasteiger partial charge in [0.15, 0.2) is 0 Å². The van der Waals surface area contributed by atoms with Gasteiger partial charge in [0.2, 0.25) is 0 Å². The third kappa shape index (κ3) is 8.34. The van der Waals surface area contributed by atoms with E-state index >= 15 is 0 Å². The smallest absolute Gasteiger partial charge is 0.0538 e. The van der Waals surface area contributed by atoms with Crippen molar-refractivity contribution < 1.29 is 5.11 Å². The number of hydrogen-bond donors (Lipinski definition) is 1. The van der Waals surface area contributed by atoms with Crippen LogP contribution in [0.5, 0.6) is 0 Å². The van der Waals surface area contributed by atoms with E-state index < -0.39 is 6.02 Å². The number of allylic oxidation sites excluding steroid dienone is 2. The van der Waals surface area contributed by atoms with Crippen LogP contribution in [0.1, 0.15) is 116 Å². The normalized spacial score (nSPS) is 35.3. The molecule has 2 N–H and O–H groups in total. The predicted octanol–water partition coefficient (Wildman–Crippen LogP) is 6.11. The van der Waals surface area contributed by atoms with Gasteiger partial charge in [0.1, 0.15) is 0 Å². The Bertz CT molecular complexity index is 499. The lowest BCUT2D eigenvalue weighted by Crippen LogP contribution is -2.33. The van der Waals surface area contributed by atoms with Gasteiger partial charge < -0.3 is 10.8 Å². The Morgan fingerprint density at radius 2 is 1.45 bits per heavy atom. The fourth-order valence-electron chi connectivity index (χ4n) is 6.36. The van der Waals surface area contributed by atoms with Crippen LogP contribution in [0, 0.1) is 23.7 Å². The van der Waals surface area contributed by atoms with Crippen LogP contribution >= 0.6 is 0 Å². The van der Waals surface area contributed by atoms with Crippen molar-refractivity contribution in [2.75, 3.05) is 0 Å².